The van der Waals surface area contributed by atoms with Crippen LogP contribution in [0.4, 0.5) is 11.9 Å². The molecule has 0 saturated heterocycles. The summed E-state index contributed by atoms with van der Waals surface area (Å²) in [6, 6.07) is -0.234. The number of rotatable bonds is 4. The highest BCUT2D eigenvalue weighted by Gasteiger charge is 2.07. The second-order valence-corrected chi connectivity index (χ2v) is 3.09. The second-order valence-electron chi connectivity index (χ2n) is 3.09. The third-order valence-corrected chi connectivity index (χ3v) is 1.61. The van der Waals surface area contributed by atoms with Crippen molar-refractivity contribution in [3.05, 3.63) is 5.82 Å². The van der Waals surface area contributed by atoms with Gasteiger partial charge in [-0.25, -0.2) is 0 Å². The Labute approximate surface area is 83.1 Å². The van der Waals surface area contributed by atoms with E-state index < -0.39 is 0 Å². The van der Waals surface area contributed by atoms with Gasteiger partial charge in [-0.3, -0.25) is 0 Å². The fraction of sp³-hybridized carbons (Fsp3) is 0.625. The van der Waals surface area contributed by atoms with E-state index in [1.807, 2.05) is 0 Å². The Kier molecular flexibility index (Phi) is 3.58. The van der Waals surface area contributed by atoms with E-state index in [0.717, 1.165) is 13.0 Å². The first-order valence-corrected chi connectivity index (χ1v) is 4.64. The molecule has 0 aliphatic heterocycles. The molecule has 6 heteroatoms. The van der Waals surface area contributed by atoms with Gasteiger partial charge in [0.2, 0.25) is 11.9 Å². The first-order chi connectivity index (χ1) is 6.63. The molecule has 1 atom stereocenters. The molecule has 6 nitrogen and oxygen atoms in total. The summed E-state index contributed by atoms with van der Waals surface area (Å²) in [5.74, 6) is 1.20. The molecule has 0 bridgehead atoms. The van der Waals surface area contributed by atoms with Gasteiger partial charge in [0.1, 0.15) is 0 Å². The first kappa shape index (κ1) is 10.6. The molecule has 1 aromatic rings. The van der Waals surface area contributed by atoms with Crippen LogP contribution < -0.4 is 16.8 Å². The molecule has 1 aromatic heterocycles. The summed E-state index contributed by atoms with van der Waals surface area (Å²) < 4.78 is 0. The van der Waals surface area contributed by atoms with Gasteiger partial charge in [-0.1, -0.05) is 6.92 Å². The predicted molar refractivity (Wildman–Crippen MR) is 55.6 cm³/mol. The van der Waals surface area contributed by atoms with Gasteiger partial charge in [0.25, 0.3) is 0 Å². The zero-order valence-corrected chi connectivity index (χ0v) is 8.49. The van der Waals surface area contributed by atoms with Gasteiger partial charge in [-0.2, -0.15) is 15.0 Å². The normalized spacial score (nSPS) is 12.5. The Morgan fingerprint density at radius 3 is 2.64 bits per heavy atom. The number of anilines is 2. The molecular formula is C8H16N6. The Bertz CT molecular complexity index is 298. The summed E-state index contributed by atoms with van der Waals surface area (Å²) in [6.07, 6.45) is 0.999. The maximum atomic E-state index is 5.64. The largest absolute Gasteiger partial charge is 0.368 e. The van der Waals surface area contributed by atoms with Crippen LogP contribution in [0.3, 0.4) is 0 Å². The third-order valence-electron chi connectivity index (χ3n) is 1.61. The van der Waals surface area contributed by atoms with Crippen molar-refractivity contribution in [3.8, 4) is 0 Å². The second kappa shape index (κ2) is 4.71. The van der Waals surface area contributed by atoms with Gasteiger partial charge >= 0.3 is 0 Å². The highest BCUT2D eigenvalue weighted by molar-refractivity contribution is 5.31. The minimum Gasteiger partial charge on any atom is -0.368 e. The summed E-state index contributed by atoms with van der Waals surface area (Å²) in [7, 11) is 0. The number of nitrogens with one attached hydrogen (secondary N) is 1. The van der Waals surface area contributed by atoms with Crippen molar-refractivity contribution in [2.24, 2.45) is 5.73 Å². The first-order valence-electron chi connectivity index (χ1n) is 4.64. The summed E-state index contributed by atoms with van der Waals surface area (Å²) in [4.78, 5) is 12.0. The lowest BCUT2D eigenvalue weighted by Gasteiger charge is -2.07. The van der Waals surface area contributed by atoms with Crippen molar-refractivity contribution < 1.29 is 0 Å². The van der Waals surface area contributed by atoms with Crippen LogP contribution in [0, 0.1) is 0 Å². The van der Waals surface area contributed by atoms with E-state index >= 15 is 0 Å². The van der Waals surface area contributed by atoms with E-state index in [-0.39, 0.29) is 12.0 Å². The molecule has 5 N–H and O–H groups in total. The average molecular weight is 196 g/mol. The molecule has 78 valence electrons. The van der Waals surface area contributed by atoms with Crippen LogP contribution in [-0.2, 0) is 0 Å². The van der Waals surface area contributed by atoms with Crippen LogP contribution in [0.1, 0.15) is 32.1 Å². The minimum atomic E-state index is -0.234. The summed E-state index contributed by atoms with van der Waals surface area (Å²) in [5.41, 5.74) is 11.2. The fourth-order valence-electron chi connectivity index (χ4n) is 0.929. The lowest BCUT2D eigenvalue weighted by atomic mass is 10.3. The molecule has 1 heterocycles. The molecule has 14 heavy (non-hydrogen) atoms. The lowest BCUT2D eigenvalue weighted by Crippen LogP contribution is -2.15. The molecule has 0 spiro atoms. The van der Waals surface area contributed by atoms with Crippen molar-refractivity contribution in [1.82, 2.24) is 15.0 Å². The van der Waals surface area contributed by atoms with Gasteiger partial charge in [0, 0.05) is 6.54 Å². The molecule has 0 radical (unpaired) electrons. The van der Waals surface area contributed by atoms with E-state index in [9.17, 15) is 0 Å². The monoisotopic (exact) mass is 196 g/mol. The summed E-state index contributed by atoms with van der Waals surface area (Å²) in [5, 5.41) is 3.03. The molecule has 0 fully saturated rings. The van der Waals surface area contributed by atoms with Crippen LogP contribution in [0.25, 0.3) is 0 Å². The standard InChI is InChI=1S/C8H16N6/c1-3-4-11-8-13-6(5(2)9)12-7(10)14-8/h5H,3-4,9H2,1-2H3,(H3,10,11,12,13,14)/t5-/m1/s1. The Balaban J connectivity index is 2.84. The van der Waals surface area contributed by atoms with Crippen LogP contribution in [0.2, 0.25) is 0 Å². The summed E-state index contributed by atoms with van der Waals surface area (Å²) >= 11 is 0. The SMILES string of the molecule is CCCNc1nc(N)nc([C@@H](C)N)n1. The zero-order valence-electron chi connectivity index (χ0n) is 8.49. The van der Waals surface area contributed by atoms with Crippen molar-refractivity contribution in [3.63, 3.8) is 0 Å². The lowest BCUT2D eigenvalue weighted by molar-refractivity contribution is 0.731. The van der Waals surface area contributed by atoms with Gasteiger partial charge in [0.15, 0.2) is 5.82 Å². The molecule has 1 rings (SSSR count). The molecule has 0 unspecified atom stereocenters. The maximum absolute atomic E-state index is 5.64. The maximum Gasteiger partial charge on any atom is 0.227 e. The van der Waals surface area contributed by atoms with E-state index in [0.29, 0.717) is 11.8 Å². The number of nitrogens with zero attached hydrogens (tertiary/aromatic N) is 3. The molecule has 0 amide bonds. The Morgan fingerprint density at radius 1 is 1.36 bits per heavy atom. The van der Waals surface area contributed by atoms with Crippen molar-refractivity contribution >= 4 is 11.9 Å². The van der Waals surface area contributed by atoms with Crippen molar-refractivity contribution in [2.45, 2.75) is 26.3 Å². The number of nitrogens with two attached hydrogens (primary N) is 2. The number of aromatic nitrogens is 3. The third kappa shape index (κ3) is 2.81. The minimum absolute atomic E-state index is 0.200. The van der Waals surface area contributed by atoms with E-state index in [2.05, 4.69) is 27.2 Å². The Hall–Kier alpha value is -1.43. The quantitative estimate of drug-likeness (QED) is 0.639. The Morgan fingerprint density at radius 2 is 2.07 bits per heavy atom. The highest BCUT2D eigenvalue weighted by Crippen LogP contribution is 2.07. The highest BCUT2D eigenvalue weighted by atomic mass is 15.2. The van der Waals surface area contributed by atoms with Gasteiger partial charge in [-0.05, 0) is 13.3 Å². The van der Waals surface area contributed by atoms with E-state index in [1.54, 1.807) is 6.92 Å². The van der Waals surface area contributed by atoms with Gasteiger partial charge < -0.3 is 16.8 Å². The molecule has 0 aromatic carbocycles. The van der Waals surface area contributed by atoms with Crippen LogP contribution in [0.15, 0.2) is 0 Å². The zero-order chi connectivity index (χ0) is 10.6. The topological polar surface area (TPSA) is 103 Å². The average Bonchev–Trinajstić information content (AvgIpc) is 2.14. The van der Waals surface area contributed by atoms with Crippen LogP contribution in [-0.4, -0.2) is 21.5 Å². The molecule has 0 saturated carbocycles. The number of hydrogen-bond donors (Lipinski definition) is 3. The smallest absolute Gasteiger partial charge is 0.227 e. The predicted octanol–water partition coefficient (Wildman–Crippen LogP) is 0.295. The van der Waals surface area contributed by atoms with E-state index in [4.69, 9.17) is 11.5 Å². The number of nitrogen functional groups attached to an aromatic ring is 1. The fourth-order valence-corrected chi connectivity index (χ4v) is 0.929. The molecular weight excluding hydrogens is 180 g/mol. The van der Waals surface area contributed by atoms with Gasteiger partial charge in [0.05, 0.1) is 6.04 Å². The van der Waals surface area contributed by atoms with Gasteiger partial charge in [-0.15, -0.1) is 0 Å². The molecule has 0 aliphatic rings. The van der Waals surface area contributed by atoms with E-state index in [1.165, 1.54) is 0 Å². The number of hydrogen-bond acceptors (Lipinski definition) is 6. The summed E-state index contributed by atoms with van der Waals surface area (Å²) in [6.45, 7) is 4.67. The van der Waals surface area contributed by atoms with Crippen LogP contribution in [0.5, 0.6) is 0 Å². The van der Waals surface area contributed by atoms with Crippen LogP contribution >= 0.6 is 0 Å². The van der Waals surface area contributed by atoms with Crippen molar-refractivity contribution in [2.75, 3.05) is 17.6 Å². The van der Waals surface area contributed by atoms with Crippen molar-refractivity contribution in [1.29, 1.82) is 0 Å². The molecule has 0 aliphatic carbocycles.